The number of aryl methyl sites for hydroxylation is 1. The Kier molecular flexibility index (Phi) is 4.22. The van der Waals surface area contributed by atoms with Crippen LogP contribution in [0.2, 0.25) is 0 Å². The molecule has 0 amide bonds. The Morgan fingerprint density at radius 1 is 1.25 bits per heavy atom. The summed E-state index contributed by atoms with van der Waals surface area (Å²) in [6.07, 6.45) is 1.45. The van der Waals surface area contributed by atoms with Gasteiger partial charge in [-0.1, -0.05) is 17.7 Å². The van der Waals surface area contributed by atoms with E-state index in [1.807, 2.05) is 31.2 Å². The molecule has 0 radical (unpaired) electrons. The topological polar surface area (TPSA) is 75.4 Å². The Balaban J connectivity index is 2.08. The minimum atomic E-state index is -3.46. The van der Waals surface area contributed by atoms with Gasteiger partial charge in [0.25, 0.3) is 10.2 Å². The largest absolute Gasteiger partial charge is 0.444 e. The summed E-state index contributed by atoms with van der Waals surface area (Å²) in [6, 6.07) is 7.76. The quantitative estimate of drug-likeness (QED) is 0.908. The molecule has 108 valence electrons. The smallest absolute Gasteiger partial charge is 0.279 e. The lowest BCUT2D eigenvalue weighted by molar-refractivity contribution is 0.504. The predicted octanol–water partition coefficient (Wildman–Crippen LogP) is 1.55. The highest BCUT2D eigenvalue weighted by Gasteiger charge is 2.14. The second kappa shape index (κ2) is 5.74. The summed E-state index contributed by atoms with van der Waals surface area (Å²) in [4.78, 5) is 4.26. The molecular formula is C13H17N3O3S. The van der Waals surface area contributed by atoms with E-state index in [-0.39, 0.29) is 6.54 Å². The van der Waals surface area contributed by atoms with Gasteiger partial charge in [0.1, 0.15) is 6.26 Å². The molecule has 1 aromatic heterocycles. The van der Waals surface area contributed by atoms with Crippen LogP contribution >= 0.6 is 0 Å². The highest BCUT2D eigenvalue weighted by atomic mass is 32.2. The first kappa shape index (κ1) is 14.7. The number of aromatic nitrogens is 1. The molecular weight excluding hydrogens is 278 g/mol. The molecule has 0 fully saturated rings. The zero-order valence-corrected chi connectivity index (χ0v) is 12.4. The zero-order chi connectivity index (χ0) is 14.8. The molecule has 0 spiro atoms. The van der Waals surface area contributed by atoms with Crippen LogP contribution < -0.4 is 4.72 Å². The molecule has 6 nitrogen and oxygen atoms in total. The van der Waals surface area contributed by atoms with Crippen LogP contribution in [0, 0.1) is 6.92 Å². The third-order valence-corrected chi connectivity index (χ3v) is 4.24. The number of hydrogen-bond donors (Lipinski definition) is 1. The summed E-state index contributed by atoms with van der Waals surface area (Å²) in [7, 11) is -0.533. The molecule has 1 heterocycles. The van der Waals surface area contributed by atoms with Crippen molar-refractivity contribution in [2.45, 2.75) is 13.5 Å². The van der Waals surface area contributed by atoms with E-state index in [1.165, 1.54) is 20.4 Å². The van der Waals surface area contributed by atoms with E-state index in [0.717, 1.165) is 15.4 Å². The van der Waals surface area contributed by atoms with E-state index in [4.69, 9.17) is 4.42 Å². The van der Waals surface area contributed by atoms with Crippen LogP contribution in [0.3, 0.4) is 0 Å². The van der Waals surface area contributed by atoms with E-state index >= 15 is 0 Å². The molecule has 0 aliphatic rings. The molecule has 7 heteroatoms. The van der Waals surface area contributed by atoms with Crippen LogP contribution in [0.1, 0.15) is 11.3 Å². The fourth-order valence-corrected chi connectivity index (χ4v) is 2.10. The molecule has 2 aromatic rings. The zero-order valence-electron chi connectivity index (χ0n) is 11.6. The lowest BCUT2D eigenvalue weighted by Gasteiger charge is -2.10. The van der Waals surface area contributed by atoms with Crippen LogP contribution in [0.15, 0.2) is 34.9 Å². The van der Waals surface area contributed by atoms with Crippen molar-refractivity contribution in [2.24, 2.45) is 0 Å². The third kappa shape index (κ3) is 3.44. The summed E-state index contributed by atoms with van der Waals surface area (Å²) in [5, 5.41) is 0. The van der Waals surface area contributed by atoms with Gasteiger partial charge in [0, 0.05) is 19.7 Å². The highest BCUT2D eigenvalue weighted by molar-refractivity contribution is 7.87. The molecule has 0 bridgehead atoms. The van der Waals surface area contributed by atoms with E-state index in [1.54, 1.807) is 0 Å². The maximum absolute atomic E-state index is 11.6. The number of oxazole rings is 1. The van der Waals surface area contributed by atoms with E-state index in [9.17, 15) is 8.42 Å². The van der Waals surface area contributed by atoms with Crippen molar-refractivity contribution in [2.75, 3.05) is 14.1 Å². The lowest BCUT2D eigenvalue weighted by atomic mass is 10.1. The second-order valence-corrected chi connectivity index (χ2v) is 6.59. The van der Waals surface area contributed by atoms with Crippen molar-refractivity contribution < 1.29 is 12.8 Å². The summed E-state index contributed by atoms with van der Waals surface area (Å²) in [5.41, 5.74) is 2.54. The molecule has 0 saturated heterocycles. The highest BCUT2D eigenvalue weighted by Crippen LogP contribution is 2.19. The van der Waals surface area contributed by atoms with Gasteiger partial charge in [0.2, 0.25) is 5.89 Å². The monoisotopic (exact) mass is 295 g/mol. The van der Waals surface area contributed by atoms with E-state index in [2.05, 4.69) is 9.71 Å². The van der Waals surface area contributed by atoms with Crippen LogP contribution in [0.25, 0.3) is 11.5 Å². The summed E-state index contributed by atoms with van der Waals surface area (Å²) >= 11 is 0. The predicted molar refractivity (Wildman–Crippen MR) is 76.1 cm³/mol. The molecule has 1 aromatic carbocycles. The van der Waals surface area contributed by atoms with Gasteiger partial charge in [-0.15, -0.1) is 0 Å². The average molecular weight is 295 g/mol. The molecule has 0 aliphatic carbocycles. The first-order valence-corrected chi connectivity index (χ1v) is 7.51. The number of rotatable bonds is 5. The minimum Gasteiger partial charge on any atom is -0.444 e. The Morgan fingerprint density at radius 2 is 1.90 bits per heavy atom. The number of nitrogens with zero attached hydrogens (tertiary/aromatic N) is 2. The Labute approximate surface area is 118 Å². The van der Waals surface area contributed by atoms with Gasteiger partial charge in [0.15, 0.2) is 0 Å². The van der Waals surface area contributed by atoms with Crippen LogP contribution in [0.4, 0.5) is 0 Å². The average Bonchev–Trinajstić information content (AvgIpc) is 2.86. The summed E-state index contributed by atoms with van der Waals surface area (Å²) < 4.78 is 32.0. The Morgan fingerprint density at radius 3 is 2.50 bits per heavy atom. The van der Waals surface area contributed by atoms with Gasteiger partial charge in [-0.2, -0.15) is 17.4 Å². The van der Waals surface area contributed by atoms with Gasteiger partial charge in [-0.3, -0.25) is 0 Å². The van der Waals surface area contributed by atoms with Crippen molar-refractivity contribution in [3.8, 4) is 11.5 Å². The first-order valence-electron chi connectivity index (χ1n) is 6.07. The van der Waals surface area contributed by atoms with E-state index in [0.29, 0.717) is 11.6 Å². The second-order valence-electron chi connectivity index (χ2n) is 4.62. The number of nitrogens with one attached hydrogen (secondary N) is 1. The van der Waals surface area contributed by atoms with Crippen molar-refractivity contribution in [1.82, 2.24) is 14.0 Å². The fourth-order valence-electron chi connectivity index (χ4n) is 1.51. The molecule has 0 atom stereocenters. The SMILES string of the molecule is Cc1ccc(-c2nc(CNS(=O)(=O)N(C)C)co2)cc1. The van der Waals surface area contributed by atoms with Gasteiger partial charge in [-0.25, -0.2) is 4.98 Å². The van der Waals surface area contributed by atoms with Gasteiger partial charge < -0.3 is 4.42 Å². The van der Waals surface area contributed by atoms with Crippen molar-refractivity contribution in [3.05, 3.63) is 41.8 Å². The van der Waals surface area contributed by atoms with Crippen molar-refractivity contribution in [1.29, 1.82) is 0 Å². The first-order chi connectivity index (χ1) is 9.38. The van der Waals surface area contributed by atoms with Crippen LogP contribution in [-0.4, -0.2) is 31.8 Å². The van der Waals surface area contributed by atoms with E-state index < -0.39 is 10.2 Å². The molecule has 0 unspecified atom stereocenters. The van der Waals surface area contributed by atoms with Crippen molar-refractivity contribution in [3.63, 3.8) is 0 Å². The Bertz CT molecular complexity index is 675. The summed E-state index contributed by atoms with van der Waals surface area (Å²) in [5.74, 6) is 0.476. The van der Waals surface area contributed by atoms with Crippen LogP contribution in [-0.2, 0) is 16.8 Å². The molecule has 2 rings (SSSR count). The molecule has 20 heavy (non-hydrogen) atoms. The number of hydrogen-bond acceptors (Lipinski definition) is 4. The Hall–Kier alpha value is -1.70. The third-order valence-electron chi connectivity index (χ3n) is 2.77. The van der Waals surface area contributed by atoms with Crippen LogP contribution in [0.5, 0.6) is 0 Å². The normalized spacial score (nSPS) is 12.0. The van der Waals surface area contributed by atoms with Crippen molar-refractivity contribution >= 4 is 10.2 Å². The molecule has 1 N–H and O–H groups in total. The van der Waals surface area contributed by atoms with Gasteiger partial charge in [0.05, 0.1) is 12.2 Å². The molecule has 0 saturated carbocycles. The standard InChI is InChI=1S/C13H17N3O3S/c1-10-4-6-11(7-5-10)13-15-12(9-19-13)8-14-20(17,18)16(2)3/h4-7,9,14H,8H2,1-3H3. The van der Waals surface area contributed by atoms with Gasteiger partial charge in [-0.05, 0) is 19.1 Å². The fraction of sp³-hybridized carbons (Fsp3) is 0.308. The van der Waals surface area contributed by atoms with Gasteiger partial charge >= 0.3 is 0 Å². The number of benzene rings is 1. The maximum atomic E-state index is 11.6. The maximum Gasteiger partial charge on any atom is 0.279 e. The molecule has 0 aliphatic heterocycles. The lowest BCUT2D eigenvalue weighted by Crippen LogP contribution is -2.35. The minimum absolute atomic E-state index is 0.0931. The summed E-state index contributed by atoms with van der Waals surface area (Å²) in [6.45, 7) is 2.09.